The van der Waals surface area contributed by atoms with Crippen LogP contribution in [0.25, 0.3) is 16.6 Å². The third kappa shape index (κ3) is 3.00. The number of rotatable bonds is 3. The van der Waals surface area contributed by atoms with Gasteiger partial charge in [0.25, 0.3) is 5.56 Å². The van der Waals surface area contributed by atoms with Gasteiger partial charge in [0.05, 0.1) is 23.4 Å². The van der Waals surface area contributed by atoms with E-state index in [-0.39, 0.29) is 11.4 Å². The number of benzene rings is 1. The first-order valence-electron chi connectivity index (χ1n) is 9.37. The van der Waals surface area contributed by atoms with E-state index in [4.69, 9.17) is 0 Å². The average Bonchev–Trinajstić information content (AvgIpc) is 3.18. The Morgan fingerprint density at radius 3 is 2.86 bits per heavy atom. The lowest BCUT2D eigenvalue weighted by Gasteiger charge is -2.33. The van der Waals surface area contributed by atoms with Crippen LogP contribution in [-0.4, -0.2) is 37.2 Å². The molecule has 0 aliphatic carbocycles. The molecule has 8 heteroatoms. The Kier molecular flexibility index (Phi) is 4.03. The number of hydrogen-bond acceptors (Lipinski definition) is 5. The normalized spacial score (nSPS) is 15.5. The molecule has 4 heterocycles. The summed E-state index contributed by atoms with van der Waals surface area (Å²) in [6, 6.07) is 7.98. The fourth-order valence-corrected chi connectivity index (χ4v) is 3.86. The molecule has 0 saturated carbocycles. The third-order valence-corrected chi connectivity index (χ3v) is 5.42. The van der Waals surface area contributed by atoms with Crippen molar-refractivity contribution >= 4 is 22.4 Å². The lowest BCUT2D eigenvalue weighted by atomic mass is 9.96. The van der Waals surface area contributed by atoms with E-state index in [0.29, 0.717) is 23.4 Å². The summed E-state index contributed by atoms with van der Waals surface area (Å²) < 4.78 is 16.7. The van der Waals surface area contributed by atoms with E-state index in [1.807, 2.05) is 18.3 Å². The van der Waals surface area contributed by atoms with Crippen LogP contribution in [0.2, 0.25) is 0 Å². The van der Waals surface area contributed by atoms with Crippen LogP contribution in [0, 0.1) is 11.7 Å². The molecule has 0 bridgehead atoms. The van der Waals surface area contributed by atoms with Crippen LogP contribution in [0.4, 0.5) is 10.2 Å². The predicted molar refractivity (Wildman–Crippen MR) is 104 cm³/mol. The fraction of sp³-hybridized carbons (Fsp3) is 0.300. The first-order valence-corrected chi connectivity index (χ1v) is 9.37. The highest BCUT2D eigenvalue weighted by Gasteiger charge is 2.21. The minimum Gasteiger partial charge on any atom is -0.356 e. The Hall–Kier alpha value is -3.29. The molecule has 142 valence electrons. The summed E-state index contributed by atoms with van der Waals surface area (Å²) in [5.74, 6) is 0.970. The molecule has 3 aromatic heterocycles. The SMILES string of the molecule is O=c1c2ccc(F)cc2ncn1CC1CCN(c2ccn3nccc3n2)CC1. The molecule has 0 unspecified atom stereocenters. The zero-order valence-electron chi connectivity index (χ0n) is 15.2. The maximum Gasteiger partial charge on any atom is 0.261 e. The van der Waals surface area contributed by atoms with Crippen molar-refractivity contribution < 1.29 is 4.39 Å². The van der Waals surface area contributed by atoms with E-state index >= 15 is 0 Å². The van der Waals surface area contributed by atoms with Crippen LogP contribution in [-0.2, 0) is 6.54 Å². The molecule has 7 nitrogen and oxygen atoms in total. The number of fused-ring (bicyclic) bond motifs is 2. The molecular formula is C20H19FN6O. The molecule has 1 aliphatic rings. The van der Waals surface area contributed by atoms with Crippen molar-refractivity contribution in [3.05, 3.63) is 65.2 Å². The van der Waals surface area contributed by atoms with Gasteiger partial charge in [-0.25, -0.2) is 18.9 Å². The monoisotopic (exact) mass is 378 g/mol. The van der Waals surface area contributed by atoms with Crippen molar-refractivity contribution in [1.82, 2.24) is 24.1 Å². The van der Waals surface area contributed by atoms with Gasteiger partial charge in [-0.1, -0.05) is 0 Å². The Labute approximate surface area is 160 Å². The largest absolute Gasteiger partial charge is 0.356 e. The minimum absolute atomic E-state index is 0.111. The van der Waals surface area contributed by atoms with Crippen LogP contribution in [0.15, 0.2) is 53.8 Å². The highest BCUT2D eigenvalue weighted by molar-refractivity contribution is 5.77. The molecule has 0 atom stereocenters. The molecule has 1 aliphatic heterocycles. The molecular weight excluding hydrogens is 359 g/mol. The van der Waals surface area contributed by atoms with Gasteiger partial charge in [0.1, 0.15) is 11.6 Å². The summed E-state index contributed by atoms with van der Waals surface area (Å²) in [6.07, 6.45) is 7.14. The lowest BCUT2D eigenvalue weighted by molar-refractivity contribution is 0.351. The molecule has 1 aromatic carbocycles. The summed E-state index contributed by atoms with van der Waals surface area (Å²) in [7, 11) is 0. The van der Waals surface area contributed by atoms with Crippen molar-refractivity contribution in [3.8, 4) is 0 Å². The Bertz CT molecular complexity index is 1210. The van der Waals surface area contributed by atoms with Gasteiger partial charge in [0.2, 0.25) is 0 Å². The van der Waals surface area contributed by atoms with E-state index in [9.17, 15) is 9.18 Å². The summed E-state index contributed by atoms with van der Waals surface area (Å²) >= 11 is 0. The summed E-state index contributed by atoms with van der Waals surface area (Å²) in [5.41, 5.74) is 1.13. The van der Waals surface area contributed by atoms with Crippen molar-refractivity contribution in [2.75, 3.05) is 18.0 Å². The van der Waals surface area contributed by atoms with Crippen LogP contribution < -0.4 is 10.5 Å². The van der Waals surface area contributed by atoms with Gasteiger partial charge < -0.3 is 4.90 Å². The van der Waals surface area contributed by atoms with E-state index in [1.54, 1.807) is 15.3 Å². The molecule has 0 N–H and O–H groups in total. The second-order valence-electron chi connectivity index (χ2n) is 7.21. The molecule has 1 fully saturated rings. The van der Waals surface area contributed by atoms with Crippen molar-refractivity contribution in [2.45, 2.75) is 19.4 Å². The zero-order valence-corrected chi connectivity index (χ0v) is 15.2. The van der Waals surface area contributed by atoms with E-state index in [2.05, 4.69) is 20.0 Å². The Balaban J connectivity index is 1.29. The Morgan fingerprint density at radius 2 is 2.00 bits per heavy atom. The number of piperidine rings is 1. The van der Waals surface area contributed by atoms with Gasteiger partial charge in [0.15, 0.2) is 5.65 Å². The summed E-state index contributed by atoms with van der Waals surface area (Å²) in [6.45, 7) is 2.41. The quantitative estimate of drug-likeness (QED) is 0.548. The molecule has 0 amide bonds. The smallest absolute Gasteiger partial charge is 0.261 e. The molecule has 28 heavy (non-hydrogen) atoms. The second kappa shape index (κ2) is 6.70. The van der Waals surface area contributed by atoms with Gasteiger partial charge >= 0.3 is 0 Å². The highest BCUT2D eigenvalue weighted by Crippen LogP contribution is 2.23. The van der Waals surface area contributed by atoms with Gasteiger partial charge in [-0.2, -0.15) is 5.10 Å². The van der Waals surface area contributed by atoms with Crippen LogP contribution in [0.1, 0.15) is 12.8 Å². The molecule has 1 saturated heterocycles. The van der Waals surface area contributed by atoms with Gasteiger partial charge in [0, 0.05) is 38.0 Å². The third-order valence-electron chi connectivity index (χ3n) is 5.42. The van der Waals surface area contributed by atoms with Crippen LogP contribution in [0.3, 0.4) is 0 Å². The maximum absolute atomic E-state index is 13.3. The number of hydrogen-bond donors (Lipinski definition) is 0. The lowest BCUT2D eigenvalue weighted by Crippen LogP contribution is -2.36. The fourth-order valence-electron chi connectivity index (χ4n) is 3.86. The zero-order chi connectivity index (χ0) is 19.1. The predicted octanol–water partition coefficient (Wildman–Crippen LogP) is 2.49. The van der Waals surface area contributed by atoms with E-state index in [0.717, 1.165) is 37.4 Å². The standard InChI is InChI=1S/C20H19FN6O/c21-15-1-2-16-17(11-15)22-13-26(20(16)28)12-14-4-8-25(9-5-14)18-6-10-27-19(24-18)3-7-23-27/h1-3,6-7,10-11,13-14H,4-5,8-9,12H2. The Morgan fingerprint density at radius 1 is 1.14 bits per heavy atom. The number of aromatic nitrogens is 5. The van der Waals surface area contributed by atoms with Crippen LogP contribution >= 0.6 is 0 Å². The van der Waals surface area contributed by atoms with Gasteiger partial charge in [-0.3, -0.25) is 9.36 Å². The first-order chi connectivity index (χ1) is 13.7. The molecule has 0 radical (unpaired) electrons. The second-order valence-corrected chi connectivity index (χ2v) is 7.21. The summed E-state index contributed by atoms with van der Waals surface area (Å²) in [5, 5.41) is 4.63. The van der Waals surface area contributed by atoms with Crippen molar-refractivity contribution in [1.29, 1.82) is 0 Å². The number of halogens is 1. The van der Waals surface area contributed by atoms with E-state index in [1.165, 1.54) is 24.5 Å². The molecule has 0 spiro atoms. The minimum atomic E-state index is -0.382. The highest BCUT2D eigenvalue weighted by atomic mass is 19.1. The molecule has 5 rings (SSSR count). The molecule has 4 aromatic rings. The number of nitrogens with zero attached hydrogens (tertiary/aromatic N) is 6. The number of anilines is 1. The van der Waals surface area contributed by atoms with Crippen LogP contribution in [0.5, 0.6) is 0 Å². The average molecular weight is 378 g/mol. The van der Waals surface area contributed by atoms with Gasteiger partial charge in [-0.05, 0) is 37.0 Å². The van der Waals surface area contributed by atoms with Crippen molar-refractivity contribution in [3.63, 3.8) is 0 Å². The van der Waals surface area contributed by atoms with Crippen molar-refractivity contribution in [2.24, 2.45) is 5.92 Å². The topological polar surface area (TPSA) is 68.3 Å². The van der Waals surface area contributed by atoms with Gasteiger partial charge in [-0.15, -0.1) is 0 Å². The maximum atomic E-state index is 13.3. The first kappa shape index (κ1) is 16.9. The van der Waals surface area contributed by atoms with E-state index < -0.39 is 0 Å². The summed E-state index contributed by atoms with van der Waals surface area (Å²) in [4.78, 5) is 23.8.